The summed E-state index contributed by atoms with van der Waals surface area (Å²) in [5.74, 6) is -0.481. The number of hydrogen-bond donors (Lipinski definition) is 3. The van der Waals surface area contributed by atoms with E-state index in [0.717, 1.165) is 30.8 Å². The predicted octanol–water partition coefficient (Wildman–Crippen LogP) is 0.441. The maximum atomic E-state index is 12.2. The molecule has 1 aromatic carbocycles. The molecule has 7 heteroatoms. The Labute approximate surface area is 148 Å². The van der Waals surface area contributed by atoms with Crippen LogP contribution in [-0.2, 0) is 16.0 Å². The average Bonchev–Trinajstić information content (AvgIpc) is 3.02. The molecule has 0 saturated heterocycles. The molecule has 3 amide bonds. The smallest absolute Gasteiger partial charge is 0.251 e. The van der Waals surface area contributed by atoms with Crippen LogP contribution >= 0.6 is 0 Å². The van der Waals surface area contributed by atoms with E-state index in [1.807, 2.05) is 6.07 Å². The molecule has 136 valence electrons. The molecule has 0 aliphatic carbocycles. The summed E-state index contributed by atoms with van der Waals surface area (Å²) >= 11 is 0. The number of anilines is 1. The Balaban J connectivity index is 1.93. The molecule has 1 aromatic rings. The molecule has 0 atom stereocenters. The Hall–Kier alpha value is -2.41. The zero-order chi connectivity index (χ0) is 18.2. The molecule has 0 saturated carbocycles. The Bertz CT molecular complexity index is 645. The number of benzene rings is 1. The second kappa shape index (κ2) is 9.17. The van der Waals surface area contributed by atoms with Crippen molar-refractivity contribution in [3.05, 3.63) is 29.3 Å². The third-order valence-electron chi connectivity index (χ3n) is 4.04. The lowest BCUT2D eigenvalue weighted by molar-refractivity contribution is -0.123. The Kier molecular flexibility index (Phi) is 6.94. The van der Waals surface area contributed by atoms with Gasteiger partial charge in [0.15, 0.2) is 0 Å². The SMILES string of the molecule is CCCNCCNC(=O)c1ccc2c(c1)CCN2C(=O)CNC(C)=O. The van der Waals surface area contributed by atoms with E-state index in [1.54, 1.807) is 17.0 Å². The van der Waals surface area contributed by atoms with Crippen molar-refractivity contribution in [1.82, 2.24) is 16.0 Å². The van der Waals surface area contributed by atoms with Crippen molar-refractivity contribution in [2.45, 2.75) is 26.7 Å². The third kappa shape index (κ3) is 5.29. The minimum Gasteiger partial charge on any atom is -0.351 e. The van der Waals surface area contributed by atoms with Crippen LogP contribution in [0.5, 0.6) is 0 Å². The van der Waals surface area contributed by atoms with Gasteiger partial charge in [-0.1, -0.05) is 6.92 Å². The number of carbonyl (C=O) groups is 3. The van der Waals surface area contributed by atoms with Crippen molar-refractivity contribution < 1.29 is 14.4 Å². The van der Waals surface area contributed by atoms with E-state index in [4.69, 9.17) is 0 Å². The first-order chi connectivity index (χ1) is 12.0. The highest BCUT2D eigenvalue weighted by atomic mass is 16.2. The fourth-order valence-corrected chi connectivity index (χ4v) is 2.77. The van der Waals surface area contributed by atoms with Crippen molar-refractivity contribution in [2.75, 3.05) is 37.6 Å². The van der Waals surface area contributed by atoms with Crippen molar-refractivity contribution in [3.63, 3.8) is 0 Å². The predicted molar refractivity (Wildman–Crippen MR) is 96.7 cm³/mol. The summed E-state index contributed by atoms with van der Waals surface area (Å²) < 4.78 is 0. The number of amides is 3. The van der Waals surface area contributed by atoms with E-state index in [2.05, 4.69) is 22.9 Å². The van der Waals surface area contributed by atoms with Gasteiger partial charge in [-0.3, -0.25) is 14.4 Å². The summed E-state index contributed by atoms with van der Waals surface area (Å²) in [5, 5.41) is 8.64. The van der Waals surface area contributed by atoms with Gasteiger partial charge >= 0.3 is 0 Å². The standard InChI is InChI=1S/C18H26N4O3/c1-3-7-19-8-9-20-18(25)15-4-5-16-14(11-15)6-10-22(16)17(24)12-21-13(2)23/h4-5,11,19H,3,6-10,12H2,1-2H3,(H,20,25)(H,21,23). The number of nitrogens with one attached hydrogen (secondary N) is 3. The quantitative estimate of drug-likeness (QED) is 0.596. The average molecular weight is 346 g/mol. The van der Waals surface area contributed by atoms with E-state index in [1.165, 1.54) is 6.92 Å². The molecule has 0 bridgehead atoms. The first-order valence-corrected chi connectivity index (χ1v) is 8.69. The van der Waals surface area contributed by atoms with Gasteiger partial charge in [-0.15, -0.1) is 0 Å². The number of nitrogens with zero attached hydrogens (tertiary/aromatic N) is 1. The molecule has 1 heterocycles. The van der Waals surface area contributed by atoms with Crippen LogP contribution < -0.4 is 20.9 Å². The van der Waals surface area contributed by atoms with Crippen LogP contribution in [0.1, 0.15) is 36.2 Å². The summed E-state index contributed by atoms with van der Waals surface area (Å²) in [6.07, 6.45) is 1.77. The van der Waals surface area contributed by atoms with E-state index in [-0.39, 0.29) is 24.3 Å². The van der Waals surface area contributed by atoms with Gasteiger partial charge in [-0.25, -0.2) is 0 Å². The lowest BCUT2D eigenvalue weighted by atomic mass is 10.1. The maximum Gasteiger partial charge on any atom is 0.251 e. The van der Waals surface area contributed by atoms with Gasteiger partial charge in [0.2, 0.25) is 11.8 Å². The molecule has 0 unspecified atom stereocenters. The molecule has 3 N–H and O–H groups in total. The molecular weight excluding hydrogens is 320 g/mol. The Morgan fingerprint density at radius 3 is 2.64 bits per heavy atom. The van der Waals surface area contributed by atoms with Gasteiger partial charge in [0, 0.05) is 37.8 Å². The molecule has 0 radical (unpaired) electrons. The van der Waals surface area contributed by atoms with Crippen molar-refractivity contribution in [2.24, 2.45) is 0 Å². The molecule has 0 fully saturated rings. The van der Waals surface area contributed by atoms with Crippen molar-refractivity contribution >= 4 is 23.4 Å². The second-order valence-corrected chi connectivity index (χ2v) is 6.05. The number of hydrogen-bond acceptors (Lipinski definition) is 4. The van der Waals surface area contributed by atoms with Crippen LogP contribution in [-0.4, -0.2) is 50.4 Å². The van der Waals surface area contributed by atoms with E-state index < -0.39 is 0 Å². The lowest BCUT2D eigenvalue weighted by Gasteiger charge is -2.17. The molecule has 0 spiro atoms. The number of rotatable bonds is 8. The van der Waals surface area contributed by atoms with E-state index in [0.29, 0.717) is 25.1 Å². The largest absolute Gasteiger partial charge is 0.351 e. The van der Waals surface area contributed by atoms with Crippen molar-refractivity contribution in [3.8, 4) is 0 Å². The number of fused-ring (bicyclic) bond motifs is 1. The molecular formula is C18H26N4O3. The summed E-state index contributed by atoms with van der Waals surface area (Å²) in [6, 6.07) is 5.38. The molecule has 2 rings (SSSR count). The second-order valence-electron chi connectivity index (χ2n) is 6.05. The molecule has 1 aliphatic heterocycles. The molecule has 7 nitrogen and oxygen atoms in total. The van der Waals surface area contributed by atoms with Gasteiger partial charge in [0.25, 0.3) is 5.91 Å². The summed E-state index contributed by atoms with van der Waals surface area (Å²) in [7, 11) is 0. The zero-order valence-corrected chi connectivity index (χ0v) is 14.9. The van der Waals surface area contributed by atoms with Gasteiger partial charge in [0.1, 0.15) is 0 Å². The fraction of sp³-hybridized carbons (Fsp3) is 0.500. The highest BCUT2D eigenvalue weighted by Gasteiger charge is 2.25. The first-order valence-electron chi connectivity index (χ1n) is 8.69. The number of carbonyl (C=O) groups excluding carboxylic acids is 3. The van der Waals surface area contributed by atoms with E-state index in [9.17, 15) is 14.4 Å². The van der Waals surface area contributed by atoms with Gasteiger partial charge in [0.05, 0.1) is 6.54 Å². The van der Waals surface area contributed by atoms with Crippen LogP contribution in [0.25, 0.3) is 0 Å². The topological polar surface area (TPSA) is 90.5 Å². The monoisotopic (exact) mass is 346 g/mol. The van der Waals surface area contributed by atoms with Gasteiger partial charge < -0.3 is 20.9 Å². The van der Waals surface area contributed by atoms with Crippen LogP contribution in [0.2, 0.25) is 0 Å². The molecule has 1 aliphatic rings. The normalized spacial score (nSPS) is 12.6. The first kappa shape index (κ1) is 18.9. The van der Waals surface area contributed by atoms with Crippen LogP contribution in [0.15, 0.2) is 18.2 Å². The maximum absolute atomic E-state index is 12.2. The third-order valence-corrected chi connectivity index (χ3v) is 4.04. The lowest BCUT2D eigenvalue weighted by Crippen LogP contribution is -2.38. The summed E-state index contributed by atoms with van der Waals surface area (Å²) in [6.45, 7) is 6.31. The molecule has 0 aromatic heterocycles. The fourth-order valence-electron chi connectivity index (χ4n) is 2.77. The summed E-state index contributed by atoms with van der Waals surface area (Å²) in [4.78, 5) is 37.0. The minimum absolute atomic E-state index is 0.0121. The Morgan fingerprint density at radius 1 is 1.12 bits per heavy atom. The van der Waals surface area contributed by atoms with Crippen LogP contribution in [0.4, 0.5) is 5.69 Å². The van der Waals surface area contributed by atoms with Crippen molar-refractivity contribution in [1.29, 1.82) is 0 Å². The Morgan fingerprint density at radius 2 is 1.92 bits per heavy atom. The summed E-state index contributed by atoms with van der Waals surface area (Å²) in [5.41, 5.74) is 2.40. The highest BCUT2D eigenvalue weighted by molar-refractivity contribution is 6.00. The van der Waals surface area contributed by atoms with Gasteiger partial charge in [-0.05, 0) is 43.1 Å². The minimum atomic E-state index is -0.229. The van der Waals surface area contributed by atoms with Gasteiger partial charge in [-0.2, -0.15) is 0 Å². The molecule has 25 heavy (non-hydrogen) atoms. The zero-order valence-electron chi connectivity index (χ0n) is 14.9. The van der Waals surface area contributed by atoms with E-state index >= 15 is 0 Å². The van der Waals surface area contributed by atoms with Crippen LogP contribution in [0, 0.1) is 0 Å². The van der Waals surface area contributed by atoms with Crippen LogP contribution in [0.3, 0.4) is 0 Å². The highest BCUT2D eigenvalue weighted by Crippen LogP contribution is 2.28.